The van der Waals surface area contributed by atoms with Crippen molar-refractivity contribution in [1.82, 2.24) is 10.2 Å². The second-order valence-electron chi connectivity index (χ2n) is 3.47. The molecule has 0 atom stereocenters. The van der Waals surface area contributed by atoms with E-state index in [9.17, 15) is 9.59 Å². The normalized spacial score (nSPS) is 19.9. The molecule has 1 saturated heterocycles. The number of carbonyl (C=O) groups is 2. The molecule has 1 aliphatic rings. The van der Waals surface area contributed by atoms with Crippen LogP contribution < -0.4 is 5.32 Å². The maximum Gasteiger partial charge on any atom is 0.325 e. The van der Waals surface area contributed by atoms with Gasteiger partial charge in [-0.1, -0.05) is 0 Å². The zero-order chi connectivity index (χ0) is 10.1. The summed E-state index contributed by atoms with van der Waals surface area (Å²) in [6.07, 6.45) is 5.44. The van der Waals surface area contributed by atoms with Crippen molar-refractivity contribution in [3.8, 4) is 12.3 Å². The summed E-state index contributed by atoms with van der Waals surface area (Å²) in [5.74, 6) is 2.17. The molecule has 3 amide bonds. The molecular formula is C9H12N2O2. The average Bonchev–Trinajstić information content (AvgIpc) is 2.21. The molecule has 0 aromatic heterocycles. The van der Waals surface area contributed by atoms with E-state index in [0.29, 0.717) is 13.0 Å². The number of hydrogen-bond acceptors (Lipinski definition) is 2. The van der Waals surface area contributed by atoms with Gasteiger partial charge in [0.05, 0.1) is 0 Å². The molecule has 0 bridgehead atoms. The molecular weight excluding hydrogens is 168 g/mol. The predicted octanol–water partition coefficient (Wildman–Crippen LogP) is 0.340. The Hall–Kier alpha value is -1.50. The molecule has 4 nitrogen and oxygen atoms in total. The van der Waals surface area contributed by atoms with E-state index in [1.165, 1.54) is 0 Å². The lowest BCUT2D eigenvalue weighted by Gasteiger charge is -2.14. The van der Waals surface area contributed by atoms with Gasteiger partial charge >= 0.3 is 6.03 Å². The monoisotopic (exact) mass is 180 g/mol. The van der Waals surface area contributed by atoms with Crippen molar-refractivity contribution >= 4 is 11.9 Å². The molecule has 4 heteroatoms. The van der Waals surface area contributed by atoms with Crippen molar-refractivity contribution in [3.63, 3.8) is 0 Å². The maximum atomic E-state index is 11.5. The lowest BCUT2D eigenvalue weighted by Crippen LogP contribution is -2.40. The Balaban J connectivity index is 2.72. The van der Waals surface area contributed by atoms with E-state index < -0.39 is 5.54 Å². The third kappa shape index (κ3) is 1.64. The highest BCUT2D eigenvalue weighted by Gasteiger charge is 2.43. The van der Waals surface area contributed by atoms with Crippen LogP contribution in [-0.4, -0.2) is 28.9 Å². The first-order valence-electron chi connectivity index (χ1n) is 4.06. The van der Waals surface area contributed by atoms with Crippen LogP contribution >= 0.6 is 0 Å². The van der Waals surface area contributed by atoms with E-state index in [0.717, 1.165) is 4.90 Å². The summed E-state index contributed by atoms with van der Waals surface area (Å²) in [6.45, 7) is 3.64. The van der Waals surface area contributed by atoms with Crippen LogP contribution in [0.3, 0.4) is 0 Å². The van der Waals surface area contributed by atoms with Gasteiger partial charge in [-0.05, 0) is 13.8 Å². The second-order valence-corrected chi connectivity index (χ2v) is 3.47. The van der Waals surface area contributed by atoms with Gasteiger partial charge < -0.3 is 5.32 Å². The van der Waals surface area contributed by atoms with Crippen LogP contribution in [0, 0.1) is 12.3 Å². The van der Waals surface area contributed by atoms with Gasteiger partial charge in [0, 0.05) is 13.0 Å². The lowest BCUT2D eigenvalue weighted by molar-refractivity contribution is -0.130. The molecule has 0 unspecified atom stereocenters. The fourth-order valence-corrected chi connectivity index (χ4v) is 1.20. The van der Waals surface area contributed by atoms with E-state index in [4.69, 9.17) is 6.42 Å². The molecule has 1 fully saturated rings. The molecule has 0 aromatic carbocycles. The molecule has 70 valence electrons. The lowest BCUT2D eigenvalue weighted by atomic mass is 10.1. The fourth-order valence-electron chi connectivity index (χ4n) is 1.20. The Bertz CT molecular complexity index is 288. The minimum atomic E-state index is -0.786. The van der Waals surface area contributed by atoms with Crippen LogP contribution in [0.5, 0.6) is 0 Å². The summed E-state index contributed by atoms with van der Waals surface area (Å²) in [6, 6.07) is -0.356. The highest BCUT2D eigenvalue weighted by Crippen LogP contribution is 2.16. The number of urea groups is 1. The molecule has 13 heavy (non-hydrogen) atoms. The first kappa shape index (κ1) is 9.59. The van der Waals surface area contributed by atoms with Crippen molar-refractivity contribution in [1.29, 1.82) is 0 Å². The first-order chi connectivity index (χ1) is 5.99. The number of hydrogen-bond donors (Lipinski definition) is 1. The molecule has 1 rings (SSSR count). The fraction of sp³-hybridized carbons (Fsp3) is 0.556. The smallest absolute Gasteiger partial charge is 0.324 e. The second kappa shape index (κ2) is 3.09. The minimum absolute atomic E-state index is 0.215. The maximum absolute atomic E-state index is 11.5. The van der Waals surface area contributed by atoms with Gasteiger partial charge in [0.1, 0.15) is 5.54 Å². The van der Waals surface area contributed by atoms with Crippen molar-refractivity contribution in [2.45, 2.75) is 25.8 Å². The number of nitrogens with one attached hydrogen (secondary N) is 1. The highest BCUT2D eigenvalue weighted by molar-refractivity contribution is 6.06. The summed E-state index contributed by atoms with van der Waals surface area (Å²) in [4.78, 5) is 23.9. The van der Waals surface area contributed by atoms with Crippen molar-refractivity contribution in [2.75, 3.05) is 6.54 Å². The van der Waals surface area contributed by atoms with E-state index in [1.54, 1.807) is 13.8 Å². The van der Waals surface area contributed by atoms with Crippen LogP contribution in [0.4, 0.5) is 4.79 Å². The van der Waals surface area contributed by atoms with Crippen LogP contribution in [0.15, 0.2) is 0 Å². The Kier molecular flexibility index (Phi) is 2.28. The van der Waals surface area contributed by atoms with Crippen molar-refractivity contribution in [3.05, 3.63) is 0 Å². The van der Waals surface area contributed by atoms with Gasteiger partial charge in [0.2, 0.25) is 0 Å². The summed E-state index contributed by atoms with van der Waals surface area (Å²) in [5.41, 5.74) is -0.786. The Morgan fingerprint density at radius 2 is 2.15 bits per heavy atom. The molecule has 0 aromatic rings. The van der Waals surface area contributed by atoms with Gasteiger partial charge in [-0.2, -0.15) is 0 Å². The summed E-state index contributed by atoms with van der Waals surface area (Å²) >= 11 is 0. The molecule has 0 spiro atoms. The highest BCUT2D eigenvalue weighted by atomic mass is 16.2. The minimum Gasteiger partial charge on any atom is -0.324 e. The number of imide groups is 1. The zero-order valence-electron chi connectivity index (χ0n) is 7.76. The number of nitrogens with zero attached hydrogens (tertiary/aromatic N) is 1. The number of amides is 3. The van der Waals surface area contributed by atoms with E-state index in [2.05, 4.69) is 11.2 Å². The van der Waals surface area contributed by atoms with Gasteiger partial charge in [0.25, 0.3) is 5.91 Å². The largest absolute Gasteiger partial charge is 0.325 e. The topological polar surface area (TPSA) is 49.4 Å². The van der Waals surface area contributed by atoms with Crippen LogP contribution in [0.1, 0.15) is 20.3 Å². The third-order valence-electron chi connectivity index (χ3n) is 1.92. The Morgan fingerprint density at radius 3 is 2.54 bits per heavy atom. The van der Waals surface area contributed by atoms with Crippen LogP contribution in [-0.2, 0) is 4.79 Å². The average molecular weight is 180 g/mol. The quantitative estimate of drug-likeness (QED) is 0.492. The van der Waals surface area contributed by atoms with Crippen molar-refractivity contribution in [2.24, 2.45) is 0 Å². The molecule has 1 heterocycles. The summed E-state index contributed by atoms with van der Waals surface area (Å²) < 4.78 is 0. The molecule has 1 N–H and O–H groups in total. The Labute approximate surface area is 77.3 Å². The van der Waals surface area contributed by atoms with Gasteiger partial charge in [-0.25, -0.2) is 4.79 Å². The molecule has 0 aliphatic carbocycles. The van der Waals surface area contributed by atoms with Gasteiger partial charge in [-0.3, -0.25) is 9.69 Å². The van der Waals surface area contributed by atoms with Gasteiger partial charge in [-0.15, -0.1) is 12.3 Å². The number of terminal acetylenes is 1. The number of carbonyl (C=O) groups excluding carboxylic acids is 2. The predicted molar refractivity (Wildman–Crippen MR) is 47.8 cm³/mol. The van der Waals surface area contributed by atoms with Gasteiger partial charge in [0.15, 0.2) is 0 Å². The SMILES string of the molecule is C#CCCN1C(=O)NC(C)(C)C1=O. The Morgan fingerprint density at radius 1 is 1.54 bits per heavy atom. The van der Waals surface area contributed by atoms with Crippen LogP contribution in [0.25, 0.3) is 0 Å². The standard InChI is InChI=1S/C9H12N2O2/c1-4-5-6-11-7(12)9(2,3)10-8(11)13/h1H,5-6H2,2-3H3,(H,10,13). The zero-order valence-corrected chi connectivity index (χ0v) is 7.76. The third-order valence-corrected chi connectivity index (χ3v) is 1.92. The van der Waals surface area contributed by atoms with Crippen molar-refractivity contribution < 1.29 is 9.59 Å². The van der Waals surface area contributed by atoms with Crippen LogP contribution in [0.2, 0.25) is 0 Å². The molecule has 0 saturated carbocycles. The van der Waals surface area contributed by atoms with E-state index in [-0.39, 0.29) is 11.9 Å². The first-order valence-corrected chi connectivity index (χ1v) is 4.06. The van der Waals surface area contributed by atoms with E-state index >= 15 is 0 Å². The molecule has 0 radical (unpaired) electrons. The summed E-state index contributed by atoms with van der Waals surface area (Å²) in [5, 5.41) is 2.57. The molecule has 1 aliphatic heterocycles. The number of rotatable bonds is 2. The summed E-state index contributed by atoms with van der Waals surface area (Å²) in [7, 11) is 0. The van der Waals surface area contributed by atoms with E-state index in [1.807, 2.05) is 0 Å².